The van der Waals surface area contributed by atoms with Gasteiger partial charge < -0.3 is 16.6 Å². The molecule has 1 heterocycles. The number of anilines is 1. The van der Waals surface area contributed by atoms with Gasteiger partial charge >= 0.3 is 0 Å². The number of hydrogen-bond acceptors (Lipinski definition) is 4. The SMILES string of the molecule is Cc1nc(N)ccc1C(N)CCO. The number of hydrogen-bond donors (Lipinski definition) is 3. The monoisotopic (exact) mass is 181 g/mol. The van der Waals surface area contributed by atoms with E-state index in [-0.39, 0.29) is 12.6 Å². The van der Waals surface area contributed by atoms with Crippen molar-refractivity contribution < 1.29 is 5.11 Å². The Morgan fingerprint density at radius 3 is 2.77 bits per heavy atom. The van der Waals surface area contributed by atoms with Crippen LogP contribution < -0.4 is 11.5 Å². The van der Waals surface area contributed by atoms with E-state index in [4.69, 9.17) is 16.6 Å². The third-order valence-electron chi connectivity index (χ3n) is 1.99. The van der Waals surface area contributed by atoms with Crippen molar-refractivity contribution in [1.29, 1.82) is 0 Å². The number of nitrogens with zero attached hydrogens (tertiary/aromatic N) is 1. The molecule has 0 saturated heterocycles. The zero-order valence-electron chi connectivity index (χ0n) is 7.70. The van der Waals surface area contributed by atoms with E-state index < -0.39 is 0 Å². The summed E-state index contributed by atoms with van der Waals surface area (Å²) >= 11 is 0. The Morgan fingerprint density at radius 1 is 1.54 bits per heavy atom. The van der Waals surface area contributed by atoms with E-state index in [0.29, 0.717) is 12.2 Å². The number of rotatable bonds is 3. The lowest BCUT2D eigenvalue weighted by molar-refractivity contribution is 0.276. The highest BCUT2D eigenvalue weighted by Crippen LogP contribution is 2.17. The van der Waals surface area contributed by atoms with Crippen molar-refractivity contribution in [3.05, 3.63) is 23.4 Å². The van der Waals surface area contributed by atoms with Crippen LogP contribution in [0, 0.1) is 6.92 Å². The minimum absolute atomic E-state index is 0.0883. The minimum Gasteiger partial charge on any atom is -0.396 e. The molecule has 1 rings (SSSR count). The van der Waals surface area contributed by atoms with Crippen molar-refractivity contribution in [2.24, 2.45) is 5.73 Å². The van der Waals surface area contributed by atoms with E-state index in [1.165, 1.54) is 0 Å². The first kappa shape index (κ1) is 9.95. The molecule has 1 unspecified atom stereocenters. The van der Waals surface area contributed by atoms with E-state index in [2.05, 4.69) is 4.98 Å². The number of aromatic nitrogens is 1. The average Bonchev–Trinajstić information content (AvgIpc) is 2.04. The Bertz CT molecular complexity index is 288. The molecule has 72 valence electrons. The molecular weight excluding hydrogens is 166 g/mol. The Hall–Kier alpha value is -1.13. The molecule has 0 bridgehead atoms. The lowest BCUT2D eigenvalue weighted by Crippen LogP contribution is -2.14. The second-order valence-electron chi connectivity index (χ2n) is 3.03. The van der Waals surface area contributed by atoms with E-state index >= 15 is 0 Å². The number of aliphatic hydroxyl groups excluding tert-OH is 1. The number of pyridine rings is 1. The van der Waals surface area contributed by atoms with Crippen molar-refractivity contribution in [2.45, 2.75) is 19.4 Å². The summed E-state index contributed by atoms with van der Waals surface area (Å²) in [5, 5.41) is 8.72. The van der Waals surface area contributed by atoms with Crippen molar-refractivity contribution >= 4 is 5.82 Å². The summed E-state index contributed by atoms with van der Waals surface area (Å²) in [6.07, 6.45) is 0.548. The summed E-state index contributed by atoms with van der Waals surface area (Å²) in [5.41, 5.74) is 13.1. The van der Waals surface area contributed by atoms with Gasteiger partial charge in [0, 0.05) is 18.3 Å². The van der Waals surface area contributed by atoms with Crippen LogP contribution >= 0.6 is 0 Å². The molecule has 0 aliphatic carbocycles. The summed E-state index contributed by atoms with van der Waals surface area (Å²) in [6.45, 7) is 1.95. The highest BCUT2D eigenvalue weighted by molar-refractivity contribution is 5.35. The van der Waals surface area contributed by atoms with Crippen molar-refractivity contribution in [3.63, 3.8) is 0 Å². The molecule has 0 spiro atoms. The standard InChI is InChI=1S/C9H15N3O/c1-6-7(8(10)4-5-13)2-3-9(11)12-6/h2-3,8,13H,4-5,10H2,1H3,(H2,11,12). The molecule has 4 nitrogen and oxygen atoms in total. The van der Waals surface area contributed by atoms with Gasteiger partial charge in [-0.05, 0) is 25.0 Å². The quantitative estimate of drug-likeness (QED) is 0.628. The molecule has 1 aromatic rings. The predicted molar refractivity (Wildman–Crippen MR) is 52.0 cm³/mol. The molecular formula is C9H15N3O. The largest absolute Gasteiger partial charge is 0.396 e. The average molecular weight is 181 g/mol. The van der Waals surface area contributed by atoms with Crippen LogP contribution in [0.1, 0.15) is 23.7 Å². The molecule has 0 aromatic carbocycles. The highest BCUT2D eigenvalue weighted by atomic mass is 16.3. The number of nitrogens with two attached hydrogens (primary N) is 2. The zero-order valence-corrected chi connectivity index (χ0v) is 7.70. The maximum Gasteiger partial charge on any atom is 0.123 e. The lowest BCUT2D eigenvalue weighted by Gasteiger charge is -2.12. The van der Waals surface area contributed by atoms with E-state index in [1.807, 2.05) is 13.0 Å². The van der Waals surface area contributed by atoms with Crippen molar-refractivity contribution in [2.75, 3.05) is 12.3 Å². The van der Waals surface area contributed by atoms with E-state index in [0.717, 1.165) is 11.3 Å². The summed E-state index contributed by atoms with van der Waals surface area (Å²) in [6, 6.07) is 3.43. The molecule has 0 aliphatic heterocycles. The topological polar surface area (TPSA) is 85.2 Å². The van der Waals surface area contributed by atoms with Gasteiger partial charge in [-0.25, -0.2) is 4.98 Å². The Labute approximate surface area is 77.6 Å². The summed E-state index contributed by atoms with van der Waals surface area (Å²) in [4.78, 5) is 4.09. The van der Waals surface area contributed by atoms with Gasteiger partial charge in [0.2, 0.25) is 0 Å². The van der Waals surface area contributed by atoms with Crippen LogP contribution in [-0.2, 0) is 0 Å². The highest BCUT2D eigenvalue weighted by Gasteiger charge is 2.08. The van der Waals surface area contributed by atoms with Gasteiger partial charge in [0.1, 0.15) is 5.82 Å². The maximum absolute atomic E-state index is 8.72. The molecule has 0 radical (unpaired) electrons. The van der Waals surface area contributed by atoms with Gasteiger partial charge in [-0.2, -0.15) is 0 Å². The minimum atomic E-state index is -0.155. The van der Waals surface area contributed by atoms with E-state index in [9.17, 15) is 0 Å². The van der Waals surface area contributed by atoms with Crippen LogP contribution in [-0.4, -0.2) is 16.7 Å². The Kier molecular flexibility index (Phi) is 3.22. The second kappa shape index (κ2) is 4.20. The van der Waals surface area contributed by atoms with Crippen LogP contribution in [0.25, 0.3) is 0 Å². The molecule has 0 saturated carbocycles. The fraction of sp³-hybridized carbons (Fsp3) is 0.444. The molecule has 5 N–H and O–H groups in total. The van der Waals surface area contributed by atoms with Crippen molar-refractivity contribution in [3.8, 4) is 0 Å². The number of aliphatic hydroxyl groups is 1. The van der Waals surface area contributed by atoms with Gasteiger partial charge in [-0.1, -0.05) is 6.07 Å². The van der Waals surface area contributed by atoms with Crippen LogP contribution in [0.2, 0.25) is 0 Å². The molecule has 1 aromatic heterocycles. The Balaban J connectivity index is 2.88. The zero-order chi connectivity index (χ0) is 9.84. The van der Waals surface area contributed by atoms with Gasteiger partial charge in [-0.15, -0.1) is 0 Å². The molecule has 0 amide bonds. The molecule has 0 fully saturated rings. The third-order valence-corrected chi connectivity index (χ3v) is 1.99. The van der Waals surface area contributed by atoms with Crippen molar-refractivity contribution in [1.82, 2.24) is 4.98 Å². The first-order chi connectivity index (χ1) is 6.15. The summed E-state index contributed by atoms with van der Waals surface area (Å²) in [7, 11) is 0. The molecule has 1 atom stereocenters. The second-order valence-corrected chi connectivity index (χ2v) is 3.03. The van der Waals surface area contributed by atoms with Crippen LogP contribution in [0.3, 0.4) is 0 Å². The molecule has 13 heavy (non-hydrogen) atoms. The van der Waals surface area contributed by atoms with Gasteiger partial charge in [-0.3, -0.25) is 0 Å². The normalized spacial score (nSPS) is 12.8. The van der Waals surface area contributed by atoms with Gasteiger partial charge in [0.15, 0.2) is 0 Å². The smallest absolute Gasteiger partial charge is 0.123 e. The van der Waals surface area contributed by atoms with Crippen LogP contribution in [0.4, 0.5) is 5.82 Å². The third kappa shape index (κ3) is 2.40. The summed E-state index contributed by atoms with van der Waals surface area (Å²) < 4.78 is 0. The fourth-order valence-corrected chi connectivity index (χ4v) is 1.28. The first-order valence-corrected chi connectivity index (χ1v) is 4.24. The number of aryl methyl sites for hydroxylation is 1. The number of nitrogen functional groups attached to an aromatic ring is 1. The van der Waals surface area contributed by atoms with Crippen LogP contribution in [0.5, 0.6) is 0 Å². The van der Waals surface area contributed by atoms with Gasteiger partial charge in [0.05, 0.1) is 0 Å². The lowest BCUT2D eigenvalue weighted by atomic mass is 10.0. The summed E-state index contributed by atoms with van der Waals surface area (Å²) in [5.74, 6) is 0.498. The fourth-order valence-electron chi connectivity index (χ4n) is 1.28. The van der Waals surface area contributed by atoms with Crippen LogP contribution in [0.15, 0.2) is 12.1 Å². The van der Waals surface area contributed by atoms with E-state index in [1.54, 1.807) is 6.07 Å². The Morgan fingerprint density at radius 2 is 2.23 bits per heavy atom. The molecule has 0 aliphatic rings. The molecule has 4 heteroatoms. The maximum atomic E-state index is 8.72. The van der Waals surface area contributed by atoms with Gasteiger partial charge in [0.25, 0.3) is 0 Å². The predicted octanol–water partition coefficient (Wildman–Crippen LogP) is 0.354. The first-order valence-electron chi connectivity index (χ1n) is 4.24.